The van der Waals surface area contributed by atoms with Crippen LogP contribution in [0.2, 0.25) is 11.6 Å². The van der Waals surface area contributed by atoms with E-state index in [2.05, 4.69) is 20.8 Å². The molecule has 0 N–H and O–H groups in total. The summed E-state index contributed by atoms with van der Waals surface area (Å²) in [5, 5.41) is 0. The van der Waals surface area contributed by atoms with Gasteiger partial charge in [0.15, 0.2) is 0 Å². The Hall–Kier alpha value is 0.797. The first-order valence-electron chi connectivity index (χ1n) is 3.92. The van der Waals surface area contributed by atoms with Crippen LogP contribution in [-0.4, -0.2) is 6.69 Å². The normalized spacial score (nSPS) is 15.3. The third kappa shape index (κ3) is 3.27. The second kappa shape index (κ2) is 4.63. The lowest BCUT2D eigenvalue weighted by atomic mass is 10.4. The Morgan fingerprint density at radius 1 is 1.30 bits per heavy atom. The molecule has 0 fully saturated rings. The summed E-state index contributed by atoms with van der Waals surface area (Å²) in [5.41, 5.74) is 0.538. The molecule has 0 aliphatic carbocycles. The monoisotopic (exact) mass is 198 g/mol. The molecule has 0 spiro atoms. The van der Waals surface area contributed by atoms with Crippen molar-refractivity contribution in [1.82, 2.24) is 0 Å². The second-order valence-electron chi connectivity index (χ2n) is 2.82. The zero-order valence-corrected chi connectivity index (χ0v) is 9.47. The molecule has 0 aliphatic rings. The maximum absolute atomic E-state index is 6.19. The van der Waals surface area contributed by atoms with Crippen molar-refractivity contribution in [2.24, 2.45) is 0 Å². The molecule has 0 amide bonds. The summed E-state index contributed by atoms with van der Waals surface area (Å²) in [7, 11) is 0. The van der Waals surface area contributed by atoms with Gasteiger partial charge in [0.25, 0.3) is 6.69 Å². The average molecular weight is 199 g/mol. The molecule has 0 heterocycles. The summed E-state index contributed by atoms with van der Waals surface area (Å²) in [5.74, 6) is 0. The van der Waals surface area contributed by atoms with E-state index in [4.69, 9.17) is 22.2 Å². The molecule has 0 rings (SSSR count). The van der Waals surface area contributed by atoms with Crippen LogP contribution >= 0.6 is 22.2 Å². The van der Waals surface area contributed by atoms with Crippen molar-refractivity contribution >= 4 is 28.9 Å². The molecule has 1 atom stereocenters. The van der Waals surface area contributed by atoms with Gasteiger partial charge < -0.3 is 0 Å². The first-order chi connectivity index (χ1) is 4.54. The molecule has 0 aromatic rings. The second-order valence-corrected chi connectivity index (χ2v) is 10.5. The van der Waals surface area contributed by atoms with Gasteiger partial charge in [-0.15, -0.1) is 22.2 Å². The molecule has 1 unspecified atom stereocenters. The third-order valence-corrected chi connectivity index (χ3v) is 8.30. The van der Waals surface area contributed by atoms with Crippen molar-refractivity contribution in [3.8, 4) is 0 Å². The van der Waals surface area contributed by atoms with Crippen molar-refractivity contribution in [1.29, 1.82) is 0 Å². The van der Waals surface area contributed by atoms with Gasteiger partial charge >= 0.3 is 0 Å². The van der Waals surface area contributed by atoms with E-state index < -0.39 is 6.69 Å². The number of hydrogen-bond donors (Lipinski definition) is 0. The van der Waals surface area contributed by atoms with Crippen LogP contribution in [0.25, 0.3) is 0 Å². The topological polar surface area (TPSA) is 0 Å². The minimum atomic E-state index is -1.86. The molecule has 62 valence electrons. The maximum atomic E-state index is 6.19. The molecule has 0 nitrogen and oxygen atoms in total. The molecule has 0 aromatic heterocycles. The molecule has 0 bridgehead atoms. The van der Waals surface area contributed by atoms with E-state index in [1.165, 1.54) is 0 Å². The standard InChI is InChI=1S/C7H16Cl2Si/c1-4-6-10(8,9)7(3)5-2/h7H,4-6H2,1-3H3. The Morgan fingerprint density at radius 3 is 2.10 bits per heavy atom. The lowest BCUT2D eigenvalue weighted by Crippen LogP contribution is -2.24. The van der Waals surface area contributed by atoms with Crippen molar-refractivity contribution in [2.75, 3.05) is 0 Å². The third-order valence-electron chi connectivity index (χ3n) is 1.92. The summed E-state index contributed by atoms with van der Waals surface area (Å²) in [6, 6.07) is 1.03. The van der Waals surface area contributed by atoms with Gasteiger partial charge in [0, 0.05) is 0 Å². The molecular formula is C7H16Cl2Si. The summed E-state index contributed by atoms with van der Waals surface area (Å²) >= 11 is 12.4. The SMILES string of the molecule is CCC[Si](Cl)(Cl)C(C)CC. The van der Waals surface area contributed by atoms with Gasteiger partial charge in [0.1, 0.15) is 0 Å². The Bertz CT molecular complexity index is 93.6. The van der Waals surface area contributed by atoms with E-state index in [1.54, 1.807) is 0 Å². The van der Waals surface area contributed by atoms with Gasteiger partial charge in [0.2, 0.25) is 0 Å². The lowest BCUT2D eigenvalue weighted by Gasteiger charge is -2.21. The highest BCUT2D eigenvalue weighted by Crippen LogP contribution is 2.36. The molecule has 0 aromatic carbocycles. The zero-order chi connectivity index (χ0) is 8.20. The van der Waals surface area contributed by atoms with Crippen LogP contribution in [0.15, 0.2) is 0 Å². The minimum Gasteiger partial charge on any atom is -0.146 e. The summed E-state index contributed by atoms with van der Waals surface area (Å²) in [4.78, 5) is 0. The average Bonchev–Trinajstić information content (AvgIpc) is 1.86. The van der Waals surface area contributed by atoms with Crippen LogP contribution in [0.4, 0.5) is 0 Å². The number of hydrogen-bond acceptors (Lipinski definition) is 0. The van der Waals surface area contributed by atoms with Crippen LogP contribution in [0.3, 0.4) is 0 Å². The Labute approximate surface area is 74.3 Å². The van der Waals surface area contributed by atoms with Crippen molar-refractivity contribution in [2.45, 2.75) is 45.2 Å². The molecular weight excluding hydrogens is 183 g/mol. The van der Waals surface area contributed by atoms with Crippen LogP contribution < -0.4 is 0 Å². The van der Waals surface area contributed by atoms with Crippen LogP contribution in [0, 0.1) is 0 Å². The van der Waals surface area contributed by atoms with E-state index in [-0.39, 0.29) is 0 Å². The predicted octanol–water partition coefficient (Wildman–Crippen LogP) is 4.12. The van der Waals surface area contributed by atoms with Crippen molar-refractivity contribution in [3.05, 3.63) is 0 Å². The zero-order valence-electron chi connectivity index (χ0n) is 6.95. The predicted molar refractivity (Wildman–Crippen MR) is 52.3 cm³/mol. The molecule has 0 aliphatic heterocycles. The molecule has 0 saturated heterocycles. The highest BCUT2D eigenvalue weighted by atomic mass is 35.7. The van der Waals surface area contributed by atoms with Crippen molar-refractivity contribution < 1.29 is 0 Å². The largest absolute Gasteiger partial charge is 0.254 e. The Morgan fingerprint density at radius 2 is 1.80 bits per heavy atom. The van der Waals surface area contributed by atoms with Gasteiger partial charge in [-0.2, -0.15) is 0 Å². The van der Waals surface area contributed by atoms with Gasteiger partial charge in [0.05, 0.1) is 0 Å². The number of rotatable bonds is 4. The number of halogens is 2. The van der Waals surface area contributed by atoms with E-state index in [0.29, 0.717) is 5.54 Å². The van der Waals surface area contributed by atoms with E-state index in [1.807, 2.05) is 0 Å². The fourth-order valence-electron chi connectivity index (χ4n) is 0.878. The fraction of sp³-hybridized carbons (Fsp3) is 1.00. The molecule has 0 radical (unpaired) electrons. The quantitative estimate of drug-likeness (QED) is 0.472. The molecule has 3 heteroatoms. The van der Waals surface area contributed by atoms with E-state index in [9.17, 15) is 0 Å². The van der Waals surface area contributed by atoms with Gasteiger partial charge in [-0.3, -0.25) is 0 Å². The summed E-state index contributed by atoms with van der Waals surface area (Å²) < 4.78 is 0. The highest BCUT2D eigenvalue weighted by Gasteiger charge is 2.32. The highest BCUT2D eigenvalue weighted by molar-refractivity contribution is 7.45. The van der Waals surface area contributed by atoms with Gasteiger partial charge in [-0.1, -0.05) is 33.6 Å². The lowest BCUT2D eigenvalue weighted by molar-refractivity contribution is 0.847. The maximum Gasteiger partial charge on any atom is 0.254 e. The van der Waals surface area contributed by atoms with Crippen LogP contribution in [0.5, 0.6) is 0 Å². The first-order valence-corrected chi connectivity index (χ1v) is 8.23. The van der Waals surface area contributed by atoms with E-state index >= 15 is 0 Å². The minimum absolute atomic E-state index is 0.538. The Balaban J connectivity index is 3.82. The summed E-state index contributed by atoms with van der Waals surface area (Å²) in [6.07, 6.45) is 2.22. The Kier molecular flexibility index (Phi) is 5.00. The smallest absolute Gasteiger partial charge is 0.146 e. The first kappa shape index (κ1) is 10.8. The molecule has 0 saturated carbocycles. The van der Waals surface area contributed by atoms with Gasteiger partial charge in [-0.25, -0.2) is 0 Å². The molecule has 10 heavy (non-hydrogen) atoms. The van der Waals surface area contributed by atoms with Crippen LogP contribution in [-0.2, 0) is 0 Å². The van der Waals surface area contributed by atoms with Crippen LogP contribution in [0.1, 0.15) is 33.6 Å². The summed E-state index contributed by atoms with van der Waals surface area (Å²) in [6.45, 7) is 4.57. The van der Waals surface area contributed by atoms with E-state index in [0.717, 1.165) is 18.9 Å². The van der Waals surface area contributed by atoms with Gasteiger partial charge in [-0.05, 0) is 11.6 Å². The fourth-order valence-corrected chi connectivity index (χ4v) is 4.69. The van der Waals surface area contributed by atoms with Crippen molar-refractivity contribution in [3.63, 3.8) is 0 Å².